The van der Waals surface area contributed by atoms with Gasteiger partial charge in [0.1, 0.15) is 14.8 Å². The van der Waals surface area contributed by atoms with Gasteiger partial charge in [0.05, 0.1) is 4.92 Å². The van der Waals surface area contributed by atoms with E-state index in [1.807, 2.05) is 0 Å². The molecule has 0 fully saturated rings. The average Bonchev–Trinajstić information content (AvgIpc) is 2.01. The van der Waals surface area contributed by atoms with Gasteiger partial charge in [-0.2, -0.15) is 0 Å². The first-order valence-corrected chi connectivity index (χ1v) is 4.80. The van der Waals surface area contributed by atoms with Gasteiger partial charge in [-0.05, 0) is 31.9 Å². The number of rotatable bonds is 2. The summed E-state index contributed by atoms with van der Waals surface area (Å²) in [6.45, 7) is 0. The summed E-state index contributed by atoms with van der Waals surface area (Å²) < 4.78 is 24.7. The van der Waals surface area contributed by atoms with Gasteiger partial charge >= 0.3 is 0 Å². The number of nitro groups is 1. The predicted octanol–water partition coefficient (Wildman–Crippen LogP) is 3.45. The predicted molar refractivity (Wildman–Crippen MR) is 51.2 cm³/mol. The van der Waals surface area contributed by atoms with Crippen molar-refractivity contribution in [2.45, 2.75) is 6.43 Å². The zero-order valence-corrected chi connectivity index (χ0v) is 9.55. The van der Waals surface area contributed by atoms with Crippen LogP contribution in [0.2, 0.25) is 0 Å². The second-order valence-electron chi connectivity index (χ2n) is 2.23. The molecule has 0 saturated heterocycles. The fourth-order valence-corrected chi connectivity index (χ4v) is 2.03. The first-order valence-electron chi connectivity index (χ1n) is 3.22. The summed E-state index contributed by atoms with van der Waals surface area (Å²) in [4.78, 5) is 13.1. The van der Waals surface area contributed by atoms with Crippen molar-refractivity contribution in [3.05, 3.63) is 31.0 Å². The van der Waals surface area contributed by atoms with Crippen LogP contribution in [-0.2, 0) is 0 Å². The van der Waals surface area contributed by atoms with E-state index in [1.165, 1.54) is 0 Å². The second-order valence-corrected chi connectivity index (χ2v) is 3.79. The molecular weight excluding hydrogens is 330 g/mol. The Morgan fingerprint density at radius 2 is 2.07 bits per heavy atom. The van der Waals surface area contributed by atoms with Gasteiger partial charge in [-0.25, -0.2) is 13.8 Å². The van der Waals surface area contributed by atoms with E-state index in [2.05, 4.69) is 36.8 Å². The topological polar surface area (TPSA) is 56.0 Å². The molecule has 0 unspecified atom stereocenters. The summed E-state index contributed by atoms with van der Waals surface area (Å²) in [7, 11) is 0. The molecular formula is C6H2Br2F2N2O2. The summed E-state index contributed by atoms with van der Waals surface area (Å²) in [6, 6.07) is 0.937. The van der Waals surface area contributed by atoms with Crippen LogP contribution in [0.25, 0.3) is 0 Å². The molecule has 0 aliphatic heterocycles. The van der Waals surface area contributed by atoms with Crippen molar-refractivity contribution in [1.29, 1.82) is 0 Å². The molecule has 0 spiro atoms. The molecule has 0 saturated carbocycles. The van der Waals surface area contributed by atoms with E-state index < -0.39 is 22.6 Å². The maximum absolute atomic E-state index is 12.4. The van der Waals surface area contributed by atoms with Crippen LogP contribution < -0.4 is 0 Å². The van der Waals surface area contributed by atoms with Gasteiger partial charge in [0.2, 0.25) is 0 Å². The number of nitrogens with zero attached hydrogens (tertiary/aromatic N) is 2. The number of hydrogen-bond donors (Lipinski definition) is 0. The van der Waals surface area contributed by atoms with Gasteiger partial charge in [0.25, 0.3) is 12.1 Å². The van der Waals surface area contributed by atoms with E-state index >= 15 is 0 Å². The molecule has 0 atom stereocenters. The zero-order valence-electron chi connectivity index (χ0n) is 6.38. The maximum Gasteiger partial charge on any atom is 0.283 e. The number of aromatic nitrogens is 1. The summed E-state index contributed by atoms with van der Waals surface area (Å²) in [6.07, 6.45) is -2.94. The molecule has 0 N–H and O–H groups in total. The van der Waals surface area contributed by atoms with Crippen LogP contribution in [-0.4, -0.2) is 9.91 Å². The molecule has 0 radical (unpaired) electrons. The summed E-state index contributed by atoms with van der Waals surface area (Å²) in [5, 5.41) is 10.4. The largest absolute Gasteiger partial charge is 0.283 e. The first kappa shape index (κ1) is 11.4. The Kier molecular flexibility index (Phi) is 3.48. The molecule has 76 valence electrons. The molecule has 0 aliphatic rings. The van der Waals surface area contributed by atoms with Crippen molar-refractivity contribution in [1.82, 2.24) is 4.98 Å². The van der Waals surface area contributed by atoms with Gasteiger partial charge in [0.15, 0.2) is 0 Å². The Hall–Kier alpha value is -0.630. The third-order valence-electron chi connectivity index (χ3n) is 1.37. The highest BCUT2D eigenvalue weighted by Gasteiger charge is 2.26. The molecule has 1 rings (SSSR count). The monoisotopic (exact) mass is 330 g/mol. The minimum atomic E-state index is -2.94. The molecule has 0 amide bonds. The van der Waals surface area contributed by atoms with Crippen molar-refractivity contribution < 1.29 is 13.7 Å². The minimum Gasteiger partial charge on any atom is -0.258 e. The van der Waals surface area contributed by atoms with Crippen molar-refractivity contribution in [2.24, 2.45) is 0 Å². The van der Waals surface area contributed by atoms with Gasteiger partial charge in [0, 0.05) is 6.07 Å². The van der Waals surface area contributed by atoms with Crippen LogP contribution in [0.15, 0.2) is 15.3 Å². The normalized spacial score (nSPS) is 10.6. The van der Waals surface area contributed by atoms with E-state index in [-0.39, 0.29) is 9.21 Å². The van der Waals surface area contributed by atoms with E-state index in [0.29, 0.717) is 0 Å². The third-order valence-corrected chi connectivity index (χ3v) is 2.38. The lowest BCUT2D eigenvalue weighted by atomic mass is 10.2. The lowest BCUT2D eigenvalue weighted by Crippen LogP contribution is -1.99. The first-order chi connectivity index (χ1) is 6.43. The minimum absolute atomic E-state index is 0.125. The molecule has 1 aromatic heterocycles. The fourth-order valence-electron chi connectivity index (χ4n) is 0.835. The number of hydrogen-bond acceptors (Lipinski definition) is 3. The smallest absolute Gasteiger partial charge is 0.258 e. The Labute approximate surface area is 93.7 Å². The molecule has 0 bridgehead atoms. The van der Waals surface area contributed by atoms with Crippen LogP contribution in [0.3, 0.4) is 0 Å². The van der Waals surface area contributed by atoms with E-state index in [4.69, 9.17) is 0 Å². The fraction of sp³-hybridized carbons (Fsp3) is 0.167. The molecule has 1 aromatic rings. The highest BCUT2D eigenvalue weighted by atomic mass is 79.9. The van der Waals surface area contributed by atoms with E-state index in [9.17, 15) is 18.9 Å². The summed E-state index contributed by atoms with van der Waals surface area (Å²) in [5.74, 6) is 0. The lowest BCUT2D eigenvalue weighted by molar-refractivity contribution is -0.386. The van der Waals surface area contributed by atoms with E-state index in [0.717, 1.165) is 6.07 Å². The number of alkyl halides is 2. The van der Waals surface area contributed by atoms with Crippen LogP contribution in [0.5, 0.6) is 0 Å². The van der Waals surface area contributed by atoms with Gasteiger partial charge in [-0.1, -0.05) is 0 Å². The molecule has 8 heteroatoms. The third kappa shape index (κ3) is 2.24. The van der Waals surface area contributed by atoms with Gasteiger partial charge < -0.3 is 0 Å². The second kappa shape index (κ2) is 4.26. The van der Waals surface area contributed by atoms with Gasteiger partial charge in [-0.3, -0.25) is 10.1 Å². The molecule has 0 aromatic carbocycles. The molecule has 4 nitrogen and oxygen atoms in total. The quantitative estimate of drug-likeness (QED) is 0.474. The lowest BCUT2D eigenvalue weighted by Gasteiger charge is -2.03. The Morgan fingerprint density at radius 3 is 2.50 bits per heavy atom. The van der Waals surface area contributed by atoms with E-state index in [1.54, 1.807) is 0 Å². The van der Waals surface area contributed by atoms with Crippen LogP contribution >= 0.6 is 31.9 Å². The molecule has 1 heterocycles. The number of pyridine rings is 1. The van der Waals surface area contributed by atoms with Crippen LogP contribution in [0.4, 0.5) is 14.5 Å². The van der Waals surface area contributed by atoms with Crippen molar-refractivity contribution >= 4 is 37.5 Å². The molecule has 14 heavy (non-hydrogen) atoms. The van der Waals surface area contributed by atoms with Crippen LogP contribution in [0.1, 0.15) is 12.0 Å². The van der Waals surface area contributed by atoms with Gasteiger partial charge in [-0.15, -0.1) is 0 Å². The standard InChI is InChI=1S/C6H2Br2F2N2O2/c7-3-1-2(12(13)14)4(6(9)10)5(8)11-3/h1,6H. The summed E-state index contributed by atoms with van der Waals surface area (Å²) >= 11 is 5.62. The highest BCUT2D eigenvalue weighted by molar-refractivity contribution is 9.11. The Balaban J connectivity index is 3.44. The van der Waals surface area contributed by atoms with Crippen molar-refractivity contribution in [3.63, 3.8) is 0 Å². The van der Waals surface area contributed by atoms with Crippen molar-refractivity contribution in [3.8, 4) is 0 Å². The maximum atomic E-state index is 12.4. The zero-order chi connectivity index (χ0) is 10.9. The Morgan fingerprint density at radius 1 is 1.50 bits per heavy atom. The van der Waals surface area contributed by atoms with Crippen molar-refractivity contribution in [2.75, 3.05) is 0 Å². The molecule has 0 aliphatic carbocycles. The number of halogens is 4. The SMILES string of the molecule is O=[N+]([O-])c1cc(Br)nc(Br)c1C(F)F. The summed E-state index contributed by atoms with van der Waals surface area (Å²) in [5.41, 5.74) is -1.37. The van der Waals surface area contributed by atoms with Crippen LogP contribution in [0, 0.1) is 10.1 Å². The average molecular weight is 332 g/mol. The Bertz CT molecular complexity index is 386. The highest BCUT2D eigenvalue weighted by Crippen LogP contribution is 2.35.